The summed E-state index contributed by atoms with van der Waals surface area (Å²) in [6.07, 6.45) is -7.50. The number of phenols is 2. The van der Waals surface area contributed by atoms with Crippen molar-refractivity contribution in [3.63, 3.8) is 0 Å². The quantitative estimate of drug-likeness (QED) is 0.285. The lowest BCUT2D eigenvalue weighted by Gasteiger charge is -2.45. The molecule has 1 aliphatic rings. The number of ether oxygens (including phenoxy) is 1. The smallest absolute Gasteiger partial charge is 0.230 e. The van der Waals surface area contributed by atoms with E-state index >= 15 is 0 Å². The highest BCUT2D eigenvalue weighted by Gasteiger charge is 2.56. The third kappa shape index (κ3) is 3.26. The second-order valence-electron chi connectivity index (χ2n) is 7.30. The molecule has 0 amide bonds. The lowest BCUT2D eigenvalue weighted by molar-refractivity contribution is -0.358. The van der Waals surface area contributed by atoms with Gasteiger partial charge < -0.3 is 44.9 Å². The minimum atomic E-state index is -2.92. The van der Waals surface area contributed by atoms with E-state index in [-0.39, 0.29) is 22.7 Å². The van der Waals surface area contributed by atoms with Crippen molar-refractivity contribution in [3.8, 4) is 22.8 Å². The van der Waals surface area contributed by atoms with Crippen molar-refractivity contribution in [1.82, 2.24) is 0 Å². The van der Waals surface area contributed by atoms with Crippen molar-refractivity contribution >= 4 is 11.0 Å². The van der Waals surface area contributed by atoms with E-state index in [1.165, 1.54) is 12.1 Å². The first-order valence-corrected chi connectivity index (χ1v) is 9.33. The van der Waals surface area contributed by atoms with Crippen molar-refractivity contribution in [2.45, 2.75) is 30.2 Å². The Labute approximate surface area is 174 Å². The number of hydrogen-bond acceptors (Lipinski definition) is 10. The zero-order chi connectivity index (χ0) is 22.5. The predicted molar refractivity (Wildman–Crippen MR) is 105 cm³/mol. The summed E-state index contributed by atoms with van der Waals surface area (Å²) >= 11 is 0. The van der Waals surface area contributed by atoms with Crippen LogP contribution < -0.4 is 5.43 Å². The molecule has 1 fully saturated rings. The number of aliphatic hydroxyl groups is 5. The molecule has 7 N–H and O–H groups in total. The van der Waals surface area contributed by atoms with Crippen molar-refractivity contribution in [2.75, 3.05) is 6.61 Å². The van der Waals surface area contributed by atoms with Crippen LogP contribution in [0.2, 0.25) is 0 Å². The van der Waals surface area contributed by atoms with Gasteiger partial charge in [0.25, 0.3) is 0 Å². The van der Waals surface area contributed by atoms with Crippen molar-refractivity contribution in [2.24, 2.45) is 0 Å². The van der Waals surface area contributed by atoms with E-state index in [1.54, 1.807) is 18.2 Å². The van der Waals surface area contributed by atoms with Gasteiger partial charge in [0, 0.05) is 17.7 Å². The van der Waals surface area contributed by atoms with Crippen LogP contribution in [0.3, 0.4) is 0 Å². The molecule has 0 radical (unpaired) electrons. The van der Waals surface area contributed by atoms with Crippen LogP contribution in [0.1, 0.15) is 5.56 Å². The number of benzene rings is 2. The highest BCUT2D eigenvalue weighted by molar-refractivity contribution is 5.87. The molecule has 31 heavy (non-hydrogen) atoms. The first kappa shape index (κ1) is 21.2. The Morgan fingerprint density at radius 1 is 1.00 bits per heavy atom. The first-order chi connectivity index (χ1) is 14.7. The van der Waals surface area contributed by atoms with Crippen LogP contribution in [-0.2, 0) is 10.5 Å². The summed E-state index contributed by atoms with van der Waals surface area (Å²) in [5, 5.41) is 71.2. The second-order valence-corrected chi connectivity index (χ2v) is 7.30. The molecule has 2 aromatic carbocycles. The van der Waals surface area contributed by atoms with Crippen LogP contribution in [0.4, 0.5) is 0 Å². The van der Waals surface area contributed by atoms with E-state index in [2.05, 4.69) is 0 Å². The number of rotatable bonds is 3. The molecule has 1 saturated heterocycles. The Morgan fingerprint density at radius 3 is 2.32 bits per heavy atom. The second kappa shape index (κ2) is 7.61. The van der Waals surface area contributed by atoms with Crippen molar-refractivity contribution in [1.29, 1.82) is 0 Å². The van der Waals surface area contributed by atoms with E-state index in [0.717, 1.165) is 12.1 Å². The average Bonchev–Trinajstić information content (AvgIpc) is 2.74. The summed E-state index contributed by atoms with van der Waals surface area (Å²) in [5.41, 5.74) is -1.62. The summed E-state index contributed by atoms with van der Waals surface area (Å²) in [6.45, 7) is -0.841. The Balaban J connectivity index is 2.09. The molecular weight excluding hydrogens is 412 g/mol. The summed E-state index contributed by atoms with van der Waals surface area (Å²) in [6, 6.07) is 9.95. The Hall–Kier alpha value is -2.99. The molecule has 10 heteroatoms. The molecule has 0 spiro atoms. The number of aromatic hydroxyl groups is 2. The maximum atomic E-state index is 13.4. The van der Waals surface area contributed by atoms with E-state index in [1.807, 2.05) is 0 Å². The van der Waals surface area contributed by atoms with Gasteiger partial charge in [-0.25, -0.2) is 0 Å². The van der Waals surface area contributed by atoms with E-state index in [4.69, 9.17) is 9.15 Å². The van der Waals surface area contributed by atoms with Gasteiger partial charge in [0.05, 0.1) is 6.61 Å². The third-order valence-electron chi connectivity index (χ3n) is 5.32. The molecule has 0 aliphatic carbocycles. The molecule has 2 heterocycles. The monoisotopic (exact) mass is 432 g/mol. The number of hydrogen-bond donors (Lipinski definition) is 7. The van der Waals surface area contributed by atoms with Gasteiger partial charge in [0.1, 0.15) is 58.2 Å². The fourth-order valence-electron chi connectivity index (χ4n) is 3.76. The molecule has 3 aromatic rings. The van der Waals surface area contributed by atoms with Crippen LogP contribution in [0, 0.1) is 0 Å². The molecule has 10 nitrogen and oxygen atoms in total. The predicted octanol–water partition coefficient (Wildman–Crippen LogP) is -0.510. The van der Waals surface area contributed by atoms with Crippen LogP contribution in [0.25, 0.3) is 22.3 Å². The summed E-state index contributed by atoms with van der Waals surface area (Å²) in [4.78, 5) is 13.4. The SMILES string of the molecule is O=c1c(C2(O)O[C@H](CO)[C@@H](O)[C@H](O)[C@H]2O)c(-c2ccccc2)oc2cc(O)cc(O)c12. The zero-order valence-corrected chi connectivity index (χ0v) is 15.9. The van der Waals surface area contributed by atoms with E-state index in [9.17, 15) is 40.5 Å². The Kier molecular flexibility index (Phi) is 5.21. The topological polar surface area (TPSA) is 181 Å². The number of fused-ring (bicyclic) bond motifs is 1. The minimum Gasteiger partial charge on any atom is -0.508 e. The van der Waals surface area contributed by atoms with Crippen LogP contribution in [-0.4, -0.2) is 66.8 Å². The fourth-order valence-corrected chi connectivity index (χ4v) is 3.76. The normalized spacial score (nSPS) is 28.7. The van der Waals surface area contributed by atoms with Gasteiger partial charge >= 0.3 is 0 Å². The molecular formula is C21H20O10. The molecule has 164 valence electrons. The fraction of sp³-hybridized carbons (Fsp3) is 0.286. The van der Waals surface area contributed by atoms with Gasteiger partial charge in [-0.2, -0.15) is 0 Å². The highest BCUT2D eigenvalue weighted by Crippen LogP contribution is 2.41. The van der Waals surface area contributed by atoms with Crippen molar-refractivity contribution < 1.29 is 44.9 Å². The zero-order valence-electron chi connectivity index (χ0n) is 15.9. The number of phenolic OH excluding ortho intramolecular Hbond substituents is 2. The van der Waals surface area contributed by atoms with Gasteiger partial charge in [-0.15, -0.1) is 0 Å². The van der Waals surface area contributed by atoms with Crippen LogP contribution in [0.15, 0.2) is 51.7 Å². The molecule has 5 atom stereocenters. The van der Waals surface area contributed by atoms with E-state index in [0.29, 0.717) is 0 Å². The van der Waals surface area contributed by atoms with Gasteiger partial charge in [0.15, 0.2) is 0 Å². The maximum Gasteiger partial charge on any atom is 0.230 e. The maximum absolute atomic E-state index is 13.4. The minimum absolute atomic E-state index is 0.210. The molecule has 1 aliphatic heterocycles. The molecule has 1 unspecified atom stereocenters. The standard InChI is InChI=1S/C21H20O10/c22-8-13-16(25)18(27)20(28)21(29,31-13)15-17(26)14-11(24)6-10(23)7-12(14)30-19(15)9-4-2-1-3-5-9/h1-7,13,16,18,20,22-25,27-29H,8H2/t13-,16-,18+,20-,21?/m1/s1. The van der Waals surface area contributed by atoms with Gasteiger partial charge in [-0.1, -0.05) is 30.3 Å². The van der Waals surface area contributed by atoms with Crippen LogP contribution in [0.5, 0.6) is 11.5 Å². The summed E-state index contributed by atoms with van der Waals surface area (Å²) < 4.78 is 11.1. The molecule has 0 saturated carbocycles. The summed E-state index contributed by atoms with van der Waals surface area (Å²) in [7, 11) is 0. The molecule has 0 bridgehead atoms. The lowest BCUT2D eigenvalue weighted by atomic mass is 9.86. The van der Waals surface area contributed by atoms with Crippen molar-refractivity contribution in [3.05, 3.63) is 58.3 Å². The van der Waals surface area contributed by atoms with Gasteiger partial charge in [-0.05, 0) is 0 Å². The summed E-state index contributed by atoms with van der Waals surface area (Å²) in [5.74, 6) is -4.23. The number of aliphatic hydroxyl groups excluding tert-OH is 4. The lowest BCUT2D eigenvalue weighted by Crippen LogP contribution is -2.64. The Morgan fingerprint density at radius 2 is 1.68 bits per heavy atom. The largest absolute Gasteiger partial charge is 0.508 e. The third-order valence-corrected chi connectivity index (χ3v) is 5.32. The average molecular weight is 432 g/mol. The first-order valence-electron chi connectivity index (χ1n) is 9.33. The highest BCUT2D eigenvalue weighted by atomic mass is 16.7. The molecule has 4 rings (SSSR count). The van der Waals surface area contributed by atoms with Gasteiger partial charge in [0.2, 0.25) is 11.2 Å². The van der Waals surface area contributed by atoms with Gasteiger partial charge in [-0.3, -0.25) is 4.79 Å². The molecule has 1 aromatic heterocycles. The van der Waals surface area contributed by atoms with Crippen LogP contribution >= 0.6 is 0 Å². The van der Waals surface area contributed by atoms with E-state index < -0.39 is 58.9 Å². The Bertz CT molecular complexity index is 1170.